The van der Waals surface area contributed by atoms with E-state index in [0.29, 0.717) is 28.4 Å². The number of hydrogen-bond acceptors (Lipinski definition) is 3. The first-order chi connectivity index (χ1) is 11.2. The molecule has 1 aromatic heterocycles. The zero-order valence-electron chi connectivity index (χ0n) is 12.0. The van der Waals surface area contributed by atoms with Gasteiger partial charge in [0, 0.05) is 5.56 Å². The highest BCUT2D eigenvalue weighted by atomic mass is 35.5. The Morgan fingerprint density at radius 1 is 1.13 bits per heavy atom. The summed E-state index contributed by atoms with van der Waals surface area (Å²) in [5.41, 5.74) is 1.39. The van der Waals surface area contributed by atoms with Crippen molar-refractivity contribution in [2.24, 2.45) is 0 Å². The van der Waals surface area contributed by atoms with Crippen molar-refractivity contribution in [1.29, 1.82) is 0 Å². The Morgan fingerprint density at radius 2 is 2.00 bits per heavy atom. The number of benzene rings is 2. The van der Waals surface area contributed by atoms with Crippen LogP contribution in [0.15, 0.2) is 59.0 Å². The lowest BCUT2D eigenvalue weighted by Crippen LogP contribution is -1.96. The zero-order chi connectivity index (χ0) is 16.2. The molecule has 0 saturated carbocycles. The normalized spacial score (nSPS) is 10.5. The molecule has 0 aliphatic heterocycles. The van der Waals surface area contributed by atoms with Gasteiger partial charge in [-0.1, -0.05) is 23.7 Å². The topological polar surface area (TPSA) is 39.4 Å². The van der Waals surface area contributed by atoms with Crippen LogP contribution in [0.25, 0.3) is 11.3 Å². The molecule has 0 saturated heterocycles. The van der Waals surface area contributed by atoms with E-state index in [4.69, 9.17) is 20.8 Å². The summed E-state index contributed by atoms with van der Waals surface area (Å²) in [4.78, 5) is 10.7. The smallest absolute Gasteiger partial charge is 0.185 e. The molecule has 5 heteroatoms. The van der Waals surface area contributed by atoms with Crippen molar-refractivity contribution in [2.45, 2.75) is 6.61 Å². The second-order valence-electron chi connectivity index (χ2n) is 4.88. The molecular weight excluding hydrogens is 319 g/mol. The minimum absolute atomic E-state index is 0.238. The van der Waals surface area contributed by atoms with Crippen LogP contribution in [0.2, 0.25) is 5.02 Å². The molecule has 3 nitrogen and oxygen atoms in total. The van der Waals surface area contributed by atoms with E-state index in [-0.39, 0.29) is 18.2 Å². The van der Waals surface area contributed by atoms with Crippen LogP contribution < -0.4 is 4.74 Å². The standard InChI is InChI=1S/C18H12ClFO3/c19-17-9-14(22-11-12-2-1-3-13(20)8-12)4-6-16(17)18-7-5-15(10-21)23-18/h1-10H,11H2. The van der Waals surface area contributed by atoms with E-state index in [1.54, 1.807) is 42.5 Å². The van der Waals surface area contributed by atoms with Crippen molar-refractivity contribution in [1.82, 2.24) is 0 Å². The zero-order valence-corrected chi connectivity index (χ0v) is 12.7. The molecule has 116 valence electrons. The molecule has 1 heterocycles. The number of halogens is 2. The van der Waals surface area contributed by atoms with Crippen LogP contribution in [0.5, 0.6) is 5.75 Å². The van der Waals surface area contributed by atoms with Gasteiger partial charge >= 0.3 is 0 Å². The highest BCUT2D eigenvalue weighted by molar-refractivity contribution is 6.33. The van der Waals surface area contributed by atoms with Crippen molar-refractivity contribution in [3.8, 4) is 17.1 Å². The van der Waals surface area contributed by atoms with Crippen LogP contribution >= 0.6 is 11.6 Å². The van der Waals surface area contributed by atoms with Gasteiger partial charge in [-0.2, -0.15) is 0 Å². The van der Waals surface area contributed by atoms with Crippen LogP contribution in [0.4, 0.5) is 4.39 Å². The molecule has 23 heavy (non-hydrogen) atoms. The van der Waals surface area contributed by atoms with E-state index in [1.807, 2.05) is 0 Å². The van der Waals surface area contributed by atoms with Gasteiger partial charge in [0.2, 0.25) is 0 Å². The van der Waals surface area contributed by atoms with E-state index in [1.165, 1.54) is 12.1 Å². The molecule has 3 rings (SSSR count). The number of carbonyl (C=O) groups is 1. The van der Waals surface area contributed by atoms with Crippen LogP contribution in [0, 0.1) is 5.82 Å². The summed E-state index contributed by atoms with van der Waals surface area (Å²) in [5.74, 6) is 1.00. The first kappa shape index (κ1) is 15.3. The van der Waals surface area contributed by atoms with Crippen molar-refractivity contribution in [3.63, 3.8) is 0 Å². The van der Waals surface area contributed by atoms with Gasteiger partial charge in [0.25, 0.3) is 0 Å². The van der Waals surface area contributed by atoms with Crippen molar-refractivity contribution in [2.75, 3.05) is 0 Å². The number of ether oxygens (including phenoxy) is 1. The lowest BCUT2D eigenvalue weighted by atomic mass is 10.1. The average Bonchev–Trinajstić information content (AvgIpc) is 3.02. The molecule has 0 amide bonds. The van der Waals surface area contributed by atoms with Gasteiger partial charge in [-0.15, -0.1) is 0 Å². The summed E-state index contributed by atoms with van der Waals surface area (Å²) in [6.07, 6.45) is 0.633. The van der Waals surface area contributed by atoms with Crippen LogP contribution in [-0.2, 0) is 6.61 Å². The van der Waals surface area contributed by atoms with Crippen LogP contribution in [0.3, 0.4) is 0 Å². The lowest BCUT2D eigenvalue weighted by Gasteiger charge is -2.08. The summed E-state index contributed by atoms with van der Waals surface area (Å²) in [7, 11) is 0. The van der Waals surface area contributed by atoms with Crippen molar-refractivity contribution >= 4 is 17.9 Å². The molecule has 0 bridgehead atoms. The van der Waals surface area contributed by atoms with E-state index in [9.17, 15) is 9.18 Å². The predicted molar refractivity (Wildman–Crippen MR) is 85.3 cm³/mol. The molecule has 2 aromatic carbocycles. The van der Waals surface area contributed by atoms with E-state index >= 15 is 0 Å². The van der Waals surface area contributed by atoms with E-state index in [0.717, 1.165) is 5.56 Å². The van der Waals surface area contributed by atoms with Gasteiger partial charge in [-0.05, 0) is 48.0 Å². The van der Waals surface area contributed by atoms with E-state index in [2.05, 4.69) is 0 Å². The Balaban J connectivity index is 1.75. The number of aldehydes is 1. The third-order valence-electron chi connectivity index (χ3n) is 3.24. The van der Waals surface area contributed by atoms with Gasteiger partial charge in [0.1, 0.15) is 23.9 Å². The first-order valence-corrected chi connectivity index (χ1v) is 7.25. The second-order valence-corrected chi connectivity index (χ2v) is 5.29. The maximum absolute atomic E-state index is 13.1. The number of rotatable bonds is 5. The number of furan rings is 1. The minimum Gasteiger partial charge on any atom is -0.489 e. The highest BCUT2D eigenvalue weighted by Crippen LogP contribution is 2.32. The average molecular weight is 331 g/mol. The molecule has 0 aliphatic carbocycles. The number of hydrogen-bond donors (Lipinski definition) is 0. The fourth-order valence-electron chi connectivity index (χ4n) is 2.14. The molecule has 0 spiro atoms. The van der Waals surface area contributed by atoms with Crippen molar-refractivity contribution in [3.05, 3.63) is 76.8 Å². The molecule has 3 aromatic rings. The Hall–Kier alpha value is -2.59. The van der Waals surface area contributed by atoms with Gasteiger partial charge in [0.15, 0.2) is 12.0 Å². The molecular formula is C18H12ClFO3. The Labute approximate surface area is 137 Å². The van der Waals surface area contributed by atoms with Crippen LogP contribution in [0.1, 0.15) is 16.1 Å². The third-order valence-corrected chi connectivity index (χ3v) is 3.56. The molecule has 0 atom stereocenters. The largest absolute Gasteiger partial charge is 0.489 e. The second kappa shape index (κ2) is 6.67. The third kappa shape index (κ3) is 3.60. The first-order valence-electron chi connectivity index (χ1n) is 6.88. The SMILES string of the molecule is O=Cc1ccc(-c2ccc(OCc3cccc(F)c3)cc2Cl)o1. The van der Waals surface area contributed by atoms with Crippen LogP contribution in [-0.4, -0.2) is 6.29 Å². The summed E-state index contributed by atoms with van der Waals surface area (Å²) in [6, 6.07) is 14.6. The van der Waals surface area contributed by atoms with Gasteiger partial charge in [0.05, 0.1) is 5.02 Å². The molecule has 0 unspecified atom stereocenters. The maximum Gasteiger partial charge on any atom is 0.185 e. The quantitative estimate of drug-likeness (QED) is 0.609. The Morgan fingerprint density at radius 3 is 2.70 bits per heavy atom. The number of carbonyl (C=O) groups excluding carboxylic acids is 1. The fraction of sp³-hybridized carbons (Fsp3) is 0.0556. The summed E-state index contributed by atoms with van der Waals surface area (Å²) in [5, 5.41) is 0.438. The van der Waals surface area contributed by atoms with Crippen molar-refractivity contribution < 1.29 is 18.3 Å². The highest BCUT2D eigenvalue weighted by Gasteiger charge is 2.10. The Kier molecular flexibility index (Phi) is 4.44. The predicted octanol–water partition coefficient (Wildman–Crippen LogP) is 5.13. The Bertz CT molecular complexity index is 842. The molecule has 0 N–H and O–H groups in total. The van der Waals surface area contributed by atoms with Gasteiger partial charge in [-0.25, -0.2) is 4.39 Å². The fourth-order valence-corrected chi connectivity index (χ4v) is 2.40. The van der Waals surface area contributed by atoms with E-state index < -0.39 is 0 Å². The molecule has 0 fully saturated rings. The summed E-state index contributed by atoms with van der Waals surface area (Å²) < 4.78 is 24.1. The minimum atomic E-state index is -0.303. The summed E-state index contributed by atoms with van der Waals surface area (Å²) >= 11 is 6.24. The van der Waals surface area contributed by atoms with Gasteiger partial charge in [-0.3, -0.25) is 4.79 Å². The monoisotopic (exact) mass is 330 g/mol. The molecule has 0 aliphatic rings. The summed E-state index contributed by atoms with van der Waals surface area (Å²) in [6.45, 7) is 0.240. The van der Waals surface area contributed by atoms with Gasteiger partial charge < -0.3 is 9.15 Å². The molecule has 0 radical (unpaired) electrons. The maximum atomic E-state index is 13.1. The lowest BCUT2D eigenvalue weighted by molar-refractivity contribution is 0.110.